The van der Waals surface area contributed by atoms with E-state index in [4.69, 9.17) is 0 Å². The van der Waals surface area contributed by atoms with Crippen molar-refractivity contribution in [1.29, 1.82) is 0 Å². The van der Waals surface area contributed by atoms with Gasteiger partial charge in [0.1, 0.15) is 16.9 Å². The molecule has 171 valence electrons. The van der Waals surface area contributed by atoms with Gasteiger partial charge >= 0.3 is 6.18 Å². The first-order valence-corrected chi connectivity index (χ1v) is 7.67. The molecule has 1 aromatic heterocycles. The molecule has 0 bridgehead atoms. The number of carbonyl (C=O) groups excluding carboxylic acids is 1. The number of halogens is 10. The first-order chi connectivity index (χ1) is 14.3. The smallest absolute Gasteiger partial charge is 0.455 e. The molecule has 3 rings (SSSR count). The second kappa shape index (κ2) is 8.47. The zero-order valence-electron chi connectivity index (χ0n) is 14.6. The largest absolute Gasteiger partial charge is 0.493 e. The van der Waals surface area contributed by atoms with Crippen molar-refractivity contribution in [3.63, 3.8) is 0 Å². The summed E-state index contributed by atoms with van der Waals surface area (Å²) in [5.41, 5.74) is -6.24. The van der Waals surface area contributed by atoms with Crippen LogP contribution < -0.4 is 0 Å². The summed E-state index contributed by atoms with van der Waals surface area (Å²) in [6.45, 7) is 0. The number of rotatable bonds is 3. The van der Waals surface area contributed by atoms with Gasteiger partial charge in [0.05, 0.1) is 0 Å². The van der Waals surface area contributed by atoms with Crippen molar-refractivity contribution in [2.75, 3.05) is 0 Å². The molecule has 15 heteroatoms. The minimum atomic E-state index is -5.75. The fourth-order valence-corrected chi connectivity index (χ4v) is 2.56. The van der Waals surface area contributed by atoms with E-state index in [-0.39, 0.29) is 35.3 Å². The van der Waals surface area contributed by atoms with Gasteiger partial charge in [-0.1, -0.05) is 0 Å². The summed E-state index contributed by atoms with van der Waals surface area (Å²) >= 11 is 0. The van der Waals surface area contributed by atoms with Crippen molar-refractivity contribution in [2.45, 2.75) is 6.18 Å². The van der Waals surface area contributed by atoms with E-state index in [2.05, 4.69) is 5.10 Å². The summed E-state index contributed by atoms with van der Waals surface area (Å²) in [5, 5.41) is 13.1. The van der Waals surface area contributed by atoms with Gasteiger partial charge in [-0.05, 0) is 12.1 Å². The third kappa shape index (κ3) is 4.05. The summed E-state index contributed by atoms with van der Waals surface area (Å²) in [5.74, 6) is -19.4. The summed E-state index contributed by atoms with van der Waals surface area (Å²) in [6, 6.07) is -0.130. The van der Waals surface area contributed by atoms with Gasteiger partial charge < -0.3 is 5.11 Å². The van der Waals surface area contributed by atoms with E-state index in [1.165, 1.54) is 0 Å². The molecule has 0 fully saturated rings. The Bertz CT molecular complexity index is 1190. The number of hydrogen-bond donors (Lipinski definition) is 1. The molecular weight excluding hydrogens is 509 g/mol. The molecule has 32 heavy (non-hydrogen) atoms. The molecule has 0 saturated heterocycles. The number of ketones is 1. The number of benzene rings is 2. The van der Waals surface area contributed by atoms with Crippen molar-refractivity contribution < 1.29 is 70.9 Å². The second-order valence-electron chi connectivity index (χ2n) is 5.86. The van der Waals surface area contributed by atoms with Crippen LogP contribution in [-0.4, -0.2) is 26.8 Å². The Morgan fingerprint density at radius 3 is 1.69 bits per heavy atom. The Morgan fingerprint density at radius 1 is 0.812 bits per heavy atom. The van der Waals surface area contributed by atoms with Crippen molar-refractivity contribution in [3.8, 4) is 22.8 Å². The van der Waals surface area contributed by atoms with E-state index in [0.29, 0.717) is 0 Å². The summed E-state index contributed by atoms with van der Waals surface area (Å²) in [6.07, 6.45) is -5.75. The minimum Gasteiger partial charge on any atom is -0.493 e. The van der Waals surface area contributed by atoms with E-state index >= 15 is 0 Å². The molecule has 0 aliphatic carbocycles. The number of Topliss-reactive ketones (excluding diaryl/α,β-unsaturated/α-hetero) is 1. The van der Waals surface area contributed by atoms with Crippen LogP contribution in [0.1, 0.15) is 10.4 Å². The van der Waals surface area contributed by atoms with Crippen LogP contribution in [0.4, 0.5) is 43.9 Å². The van der Waals surface area contributed by atoms with Crippen molar-refractivity contribution in [2.24, 2.45) is 0 Å². The molecule has 0 aliphatic rings. The summed E-state index contributed by atoms with van der Waals surface area (Å²) < 4.78 is 134. The molecule has 0 saturated carbocycles. The van der Waals surface area contributed by atoms with Crippen LogP contribution in [0.5, 0.6) is 5.88 Å². The maximum Gasteiger partial charge on any atom is 0.455 e. The van der Waals surface area contributed by atoms with Gasteiger partial charge in [-0.15, -0.1) is 0 Å². The van der Waals surface area contributed by atoms with Crippen LogP contribution in [0, 0.1) is 40.7 Å². The normalized spacial score (nSPS) is 11.4. The predicted octanol–water partition coefficient (Wildman–Crippen LogP) is 4.96. The van der Waals surface area contributed by atoms with E-state index in [9.17, 15) is 53.8 Å². The minimum absolute atomic E-state index is 0. The topological polar surface area (TPSA) is 55.1 Å². The molecular formula is C17H4F10MnN2O2. The SMILES string of the molecule is O=C(c1c(-c2cc(F)c(F)c(F)c2)nn(-c2c(F)c(F)cc(F)c2F)c1O)C(F)(F)F.[Mn]. The van der Waals surface area contributed by atoms with Gasteiger partial charge in [0.15, 0.2) is 40.7 Å². The van der Waals surface area contributed by atoms with Crippen LogP contribution in [0.15, 0.2) is 18.2 Å². The van der Waals surface area contributed by atoms with Gasteiger partial charge in [-0.2, -0.15) is 23.0 Å². The van der Waals surface area contributed by atoms with E-state index in [1.807, 2.05) is 0 Å². The fourth-order valence-electron chi connectivity index (χ4n) is 2.56. The maximum absolute atomic E-state index is 14.0. The van der Waals surface area contributed by atoms with Crippen LogP contribution in [-0.2, 0) is 17.1 Å². The number of alkyl halides is 3. The standard InChI is InChI=1S/C17H4F10N2O2.Mn/c18-5-1-4(2-6(19)10(5)22)13-9(15(30)17(25,26)27)16(31)29(28-13)14-11(23)7(20)3-8(21)12(14)24;/h1-3,31H;. The second-order valence-corrected chi connectivity index (χ2v) is 5.86. The number of aromatic nitrogens is 2. The zero-order valence-corrected chi connectivity index (χ0v) is 15.8. The van der Waals surface area contributed by atoms with E-state index < -0.39 is 85.8 Å². The molecule has 0 amide bonds. The average molecular weight is 513 g/mol. The average Bonchev–Trinajstić information content (AvgIpc) is 3.00. The van der Waals surface area contributed by atoms with Crippen molar-refractivity contribution in [3.05, 3.63) is 64.5 Å². The van der Waals surface area contributed by atoms with Crippen LogP contribution in [0.25, 0.3) is 16.9 Å². The number of aromatic hydroxyl groups is 1. The van der Waals surface area contributed by atoms with Gasteiger partial charge in [0, 0.05) is 28.7 Å². The van der Waals surface area contributed by atoms with Gasteiger partial charge in [0.25, 0.3) is 5.78 Å². The van der Waals surface area contributed by atoms with Crippen LogP contribution in [0.3, 0.4) is 0 Å². The number of hydrogen-bond acceptors (Lipinski definition) is 3. The summed E-state index contributed by atoms with van der Waals surface area (Å²) in [7, 11) is 0. The monoisotopic (exact) mass is 513 g/mol. The van der Waals surface area contributed by atoms with Crippen LogP contribution >= 0.6 is 0 Å². The van der Waals surface area contributed by atoms with Crippen molar-refractivity contribution >= 4 is 5.78 Å². The predicted molar refractivity (Wildman–Crippen MR) is 80.8 cm³/mol. The number of carbonyl (C=O) groups is 1. The van der Waals surface area contributed by atoms with Gasteiger partial charge in [-0.25, -0.2) is 30.7 Å². The zero-order chi connectivity index (χ0) is 23.4. The summed E-state index contributed by atoms with van der Waals surface area (Å²) in [4.78, 5) is 11.7. The third-order valence-electron chi connectivity index (χ3n) is 3.90. The molecule has 4 nitrogen and oxygen atoms in total. The Morgan fingerprint density at radius 2 is 1.25 bits per heavy atom. The Labute approximate surface area is 180 Å². The molecule has 3 aromatic rings. The van der Waals surface area contributed by atoms with Crippen molar-refractivity contribution in [1.82, 2.24) is 9.78 Å². The number of nitrogens with zero attached hydrogens (tertiary/aromatic N) is 2. The molecule has 1 heterocycles. The molecule has 0 aliphatic heterocycles. The first-order valence-electron chi connectivity index (χ1n) is 7.67. The Balaban J connectivity index is 0.00000363. The Kier molecular flexibility index (Phi) is 6.67. The first kappa shape index (κ1) is 25.2. The molecule has 2 aromatic carbocycles. The molecule has 0 atom stereocenters. The third-order valence-corrected chi connectivity index (χ3v) is 3.90. The molecule has 1 N–H and O–H groups in total. The van der Waals surface area contributed by atoms with E-state index in [0.717, 1.165) is 0 Å². The van der Waals surface area contributed by atoms with E-state index in [1.54, 1.807) is 0 Å². The maximum atomic E-state index is 14.0. The molecule has 0 spiro atoms. The quantitative estimate of drug-likeness (QED) is 0.177. The Hall–Kier alpha value is -3.06. The fraction of sp³-hybridized carbons (Fsp3) is 0.0588. The van der Waals surface area contributed by atoms with Gasteiger partial charge in [-0.3, -0.25) is 4.79 Å². The molecule has 0 unspecified atom stereocenters. The van der Waals surface area contributed by atoms with Crippen LogP contribution in [0.2, 0.25) is 0 Å². The van der Waals surface area contributed by atoms with Gasteiger partial charge in [0.2, 0.25) is 5.88 Å². The molecule has 1 radical (unpaired) electrons.